The van der Waals surface area contributed by atoms with Crippen LogP contribution in [0, 0.1) is 0 Å². The van der Waals surface area contributed by atoms with E-state index in [0.717, 1.165) is 46.9 Å². The molecule has 3 nitrogen and oxygen atoms in total. The molecule has 0 atom stereocenters. The highest BCUT2D eigenvalue weighted by molar-refractivity contribution is 7.25. The molecule has 0 bridgehead atoms. The van der Waals surface area contributed by atoms with Gasteiger partial charge in [0.1, 0.15) is 0 Å². The predicted octanol–water partition coefficient (Wildman–Crippen LogP) is 13.4. The third-order valence-corrected chi connectivity index (χ3v) is 12.9. The van der Waals surface area contributed by atoms with Crippen LogP contribution in [0.3, 0.4) is 0 Å². The molecule has 0 saturated heterocycles. The van der Waals surface area contributed by atoms with E-state index in [2.05, 4.69) is 160 Å². The number of para-hydroxylation sites is 1. The first-order valence-electron chi connectivity index (χ1n) is 18.6. The predicted molar refractivity (Wildman–Crippen MR) is 222 cm³/mol. The SMILES string of the molecule is CC1(C)CCC(C)(C)c2cc3c(cc21)c1ccccc1n3-c1cccc(-c2nc(C3=CC=CCC3)cc(-c3ccc4sc5ccccc5c4c3)n2)c1. The maximum atomic E-state index is 5.32. The minimum absolute atomic E-state index is 0.119. The van der Waals surface area contributed by atoms with Crippen molar-refractivity contribution >= 4 is 58.9 Å². The Bertz CT molecular complexity index is 2810. The molecule has 0 radical (unpaired) electrons. The third-order valence-electron chi connectivity index (χ3n) is 11.7. The fourth-order valence-electron chi connectivity index (χ4n) is 8.68. The lowest BCUT2D eigenvalue weighted by molar-refractivity contribution is 0.332. The monoisotopic (exact) mass is 691 g/mol. The lowest BCUT2D eigenvalue weighted by Crippen LogP contribution is -2.33. The van der Waals surface area contributed by atoms with Crippen molar-refractivity contribution in [3.05, 3.63) is 144 Å². The quantitative estimate of drug-likeness (QED) is 0.184. The van der Waals surface area contributed by atoms with Crippen LogP contribution in [0.4, 0.5) is 0 Å². The minimum atomic E-state index is 0.119. The van der Waals surface area contributed by atoms with E-state index in [1.165, 1.54) is 71.5 Å². The van der Waals surface area contributed by atoms with Gasteiger partial charge in [-0.2, -0.15) is 0 Å². The number of hydrogen-bond acceptors (Lipinski definition) is 3. The van der Waals surface area contributed by atoms with E-state index in [1.807, 2.05) is 11.3 Å². The Kier molecular flexibility index (Phi) is 7.01. The summed E-state index contributed by atoms with van der Waals surface area (Å²) in [6, 6.07) is 40.4. The van der Waals surface area contributed by atoms with Gasteiger partial charge in [0.25, 0.3) is 0 Å². The highest BCUT2D eigenvalue weighted by Crippen LogP contribution is 2.48. The topological polar surface area (TPSA) is 30.7 Å². The molecule has 2 aliphatic rings. The maximum absolute atomic E-state index is 5.32. The van der Waals surface area contributed by atoms with Crippen LogP contribution in [0.2, 0.25) is 0 Å². The summed E-state index contributed by atoms with van der Waals surface area (Å²) < 4.78 is 5.07. The van der Waals surface area contributed by atoms with Crippen LogP contribution in [0.5, 0.6) is 0 Å². The van der Waals surface area contributed by atoms with Crippen molar-refractivity contribution in [3.8, 4) is 28.3 Å². The van der Waals surface area contributed by atoms with Gasteiger partial charge in [0.15, 0.2) is 5.82 Å². The summed E-state index contributed by atoms with van der Waals surface area (Å²) in [6.45, 7) is 9.66. The summed E-state index contributed by atoms with van der Waals surface area (Å²) in [5.41, 5.74) is 12.2. The summed E-state index contributed by atoms with van der Waals surface area (Å²) >= 11 is 1.85. The first kappa shape index (κ1) is 31.4. The average Bonchev–Trinajstić information content (AvgIpc) is 3.71. The van der Waals surface area contributed by atoms with Gasteiger partial charge in [-0.25, -0.2) is 9.97 Å². The maximum Gasteiger partial charge on any atom is 0.160 e. The smallest absolute Gasteiger partial charge is 0.160 e. The normalized spacial score (nSPS) is 16.5. The van der Waals surface area contributed by atoms with Crippen molar-refractivity contribution in [1.82, 2.24) is 14.5 Å². The Morgan fingerprint density at radius 1 is 0.596 bits per heavy atom. The molecule has 2 aliphatic carbocycles. The Hall–Kier alpha value is -5.32. The van der Waals surface area contributed by atoms with Crippen LogP contribution in [0.1, 0.15) is 70.2 Å². The summed E-state index contributed by atoms with van der Waals surface area (Å²) in [5, 5.41) is 5.19. The highest BCUT2D eigenvalue weighted by Gasteiger charge is 2.38. The zero-order chi connectivity index (χ0) is 35.2. The molecule has 4 heteroatoms. The zero-order valence-corrected chi connectivity index (χ0v) is 31.0. The van der Waals surface area contributed by atoms with Gasteiger partial charge in [0.05, 0.1) is 22.4 Å². The zero-order valence-electron chi connectivity index (χ0n) is 30.2. The van der Waals surface area contributed by atoms with Crippen LogP contribution in [-0.4, -0.2) is 14.5 Å². The number of benzene rings is 5. The van der Waals surface area contributed by atoms with E-state index in [0.29, 0.717) is 0 Å². The van der Waals surface area contributed by atoms with Crippen molar-refractivity contribution in [2.45, 2.75) is 64.2 Å². The van der Waals surface area contributed by atoms with Crippen LogP contribution < -0.4 is 0 Å². The largest absolute Gasteiger partial charge is 0.309 e. The second kappa shape index (κ2) is 11.6. The van der Waals surface area contributed by atoms with E-state index in [9.17, 15) is 0 Å². The van der Waals surface area contributed by atoms with Crippen LogP contribution in [0.15, 0.2) is 127 Å². The lowest BCUT2D eigenvalue weighted by Gasteiger charge is -2.42. The standard InChI is InChI=1S/C48H41N3S/c1-47(2)23-24-48(3,4)39-28-43-36(27-38(39)47)34-17-8-10-19-42(34)51(43)33-16-12-15-32(25-33)46-49-40(30-13-6-5-7-14-30)29-41(50-46)31-21-22-45-37(26-31)35-18-9-11-20-44(35)52-45/h5-6,8-13,15-22,25-29H,7,14,23-24H2,1-4H3. The van der Waals surface area contributed by atoms with Gasteiger partial charge < -0.3 is 4.57 Å². The molecule has 3 aromatic heterocycles. The Labute approximate surface area is 309 Å². The molecule has 0 N–H and O–H groups in total. The highest BCUT2D eigenvalue weighted by atomic mass is 32.1. The molecule has 5 aromatic carbocycles. The van der Waals surface area contributed by atoms with Gasteiger partial charge >= 0.3 is 0 Å². The van der Waals surface area contributed by atoms with Gasteiger partial charge in [-0.1, -0.05) is 101 Å². The van der Waals surface area contributed by atoms with Crippen molar-refractivity contribution in [2.75, 3.05) is 0 Å². The second-order valence-electron chi connectivity index (χ2n) is 16.0. The van der Waals surface area contributed by atoms with Crippen LogP contribution >= 0.6 is 11.3 Å². The molecular weight excluding hydrogens is 651 g/mol. The molecule has 10 rings (SSSR count). The third kappa shape index (κ3) is 4.99. The molecule has 0 saturated carbocycles. The number of aromatic nitrogens is 3. The van der Waals surface area contributed by atoms with E-state index >= 15 is 0 Å². The lowest BCUT2D eigenvalue weighted by atomic mass is 9.63. The van der Waals surface area contributed by atoms with Gasteiger partial charge in [-0.05, 0) is 108 Å². The van der Waals surface area contributed by atoms with Gasteiger partial charge in [-0.3, -0.25) is 0 Å². The Balaban J connectivity index is 1.17. The molecule has 0 fully saturated rings. The van der Waals surface area contributed by atoms with Crippen LogP contribution in [0.25, 0.3) is 75.9 Å². The van der Waals surface area contributed by atoms with Crippen molar-refractivity contribution in [2.24, 2.45) is 0 Å². The molecule has 254 valence electrons. The summed E-state index contributed by atoms with van der Waals surface area (Å²) in [6.07, 6.45) is 11.0. The number of hydrogen-bond donors (Lipinski definition) is 0. The molecule has 0 aliphatic heterocycles. The minimum Gasteiger partial charge on any atom is -0.309 e. The number of rotatable bonds is 4. The van der Waals surface area contributed by atoms with Crippen molar-refractivity contribution < 1.29 is 0 Å². The fourth-order valence-corrected chi connectivity index (χ4v) is 9.77. The number of nitrogens with zero attached hydrogens (tertiary/aromatic N) is 3. The van der Waals surface area contributed by atoms with E-state index in [-0.39, 0.29) is 10.8 Å². The van der Waals surface area contributed by atoms with E-state index < -0.39 is 0 Å². The van der Waals surface area contributed by atoms with Crippen molar-refractivity contribution in [3.63, 3.8) is 0 Å². The van der Waals surface area contributed by atoms with Crippen molar-refractivity contribution in [1.29, 1.82) is 0 Å². The van der Waals surface area contributed by atoms with Gasteiger partial charge in [-0.15, -0.1) is 11.3 Å². The Morgan fingerprint density at radius 3 is 2.17 bits per heavy atom. The molecule has 8 aromatic rings. The van der Waals surface area contributed by atoms with E-state index in [1.54, 1.807) is 0 Å². The molecule has 0 spiro atoms. The molecule has 0 amide bonds. The molecule has 3 heterocycles. The van der Waals surface area contributed by atoms with Gasteiger partial charge in [0.2, 0.25) is 0 Å². The summed E-state index contributed by atoms with van der Waals surface area (Å²) in [4.78, 5) is 10.6. The number of thiophene rings is 1. The molecular formula is C48H41N3S. The summed E-state index contributed by atoms with van der Waals surface area (Å²) in [5.74, 6) is 0.751. The number of allylic oxidation sites excluding steroid dienone is 4. The first-order valence-corrected chi connectivity index (χ1v) is 19.4. The molecule has 0 unspecified atom stereocenters. The van der Waals surface area contributed by atoms with Gasteiger partial charge in [0, 0.05) is 47.8 Å². The Morgan fingerprint density at radius 2 is 1.35 bits per heavy atom. The fraction of sp³-hybridized carbons (Fsp3) is 0.208. The first-order chi connectivity index (χ1) is 25.2. The van der Waals surface area contributed by atoms with E-state index in [4.69, 9.17) is 9.97 Å². The molecule has 52 heavy (non-hydrogen) atoms. The second-order valence-corrected chi connectivity index (χ2v) is 17.1. The van der Waals surface area contributed by atoms with Crippen LogP contribution in [-0.2, 0) is 10.8 Å². The average molecular weight is 692 g/mol. The number of fused-ring (bicyclic) bond motifs is 7. The summed E-state index contributed by atoms with van der Waals surface area (Å²) in [7, 11) is 0.